The molecule has 1 aliphatic heterocycles. The van der Waals surface area contributed by atoms with Crippen molar-refractivity contribution in [1.82, 2.24) is 14.5 Å². The standard InChI is InChI=1S/C26H27F4N3O4/c1-35-21-12-16(13-22(36-2)23(21)37-3)15-33-11-8-31-24(33)17-6-9-32(10-7-17)25(34)19-14-18(26(28,29)30)4-5-20(19)27/h4-5,8,11-14,17H,6-7,9-10,15H2,1-3H3. The van der Waals surface area contributed by atoms with E-state index in [-0.39, 0.29) is 19.0 Å². The van der Waals surface area contributed by atoms with E-state index in [0.717, 1.165) is 11.4 Å². The van der Waals surface area contributed by atoms with Crippen LogP contribution in [0.3, 0.4) is 0 Å². The molecule has 1 aliphatic rings. The fourth-order valence-corrected chi connectivity index (χ4v) is 4.61. The lowest BCUT2D eigenvalue weighted by molar-refractivity contribution is -0.137. The predicted molar refractivity (Wildman–Crippen MR) is 127 cm³/mol. The van der Waals surface area contributed by atoms with E-state index in [0.29, 0.717) is 54.8 Å². The van der Waals surface area contributed by atoms with Gasteiger partial charge in [-0.1, -0.05) is 0 Å². The molecule has 0 unspecified atom stereocenters. The second-order valence-electron chi connectivity index (χ2n) is 8.71. The first kappa shape index (κ1) is 26.3. The lowest BCUT2D eigenvalue weighted by Gasteiger charge is -2.32. The first-order chi connectivity index (χ1) is 17.7. The van der Waals surface area contributed by atoms with Crippen LogP contribution in [0.15, 0.2) is 42.7 Å². The van der Waals surface area contributed by atoms with Crippen LogP contribution in [0.5, 0.6) is 17.2 Å². The Labute approximate surface area is 211 Å². The minimum absolute atomic E-state index is 0.0208. The fraction of sp³-hybridized carbons (Fsp3) is 0.385. The van der Waals surface area contributed by atoms with Crippen LogP contribution in [0, 0.1) is 5.82 Å². The lowest BCUT2D eigenvalue weighted by Crippen LogP contribution is -2.39. The van der Waals surface area contributed by atoms with Crippen molar-refractivity contribution in [1.29, 1.82) is 0 Å². The van der Waals surface area contributed by atoms with Crippen molar-refractivity contribution >= 4 is 5.91 Å². The predicted octanol–water partition coefficient (Wildman–Crippen LogP) is 5.13. The third-order valence-corrected chi connectivity index (χ3v) is 6.50. The zero-order valence-corrected chi connectivity index (χ0v) is 20.6. The average Bonchev–Trinajstić information content (AvgIpc) is 3.35. The molecule has 0 saturated carbocycles. The second-order valence-corrected chi connectivity index (χ2v) is 8.71. The van der Waals surface area contributed by atoms with Gasteiger partial charge in [0, 0.05) is 37.9 Å². The van der Waals surface area contributed by atoms with E-state index in [1.54, 1.807) is 20.4 Å². The van der Waals surface area contributed by atoms with Crippen LogP contribution in [0.25, 0.3) is 0 Å². The summed E-state index contributed by atoms with van der Waals surface area (Å²) in [7, 11) is 4.63. The Balaban J connectivity index is 1.47. The molecule has 0 spiro atoms. The highest BCUT2D eigenvalue weighted by Crippen LogP contribution is 2.39. The van der Waals surface area contributed by atoms with Gasteiger partial charge in [-0.15, -0.1) is 0 Å². The van der Waals surface area contributed by atoms with E-state index in [9.17, 15) is 22.4 Å². The Morgan fingerprint density at radius 1 is 1.03 bits per heavy atom. The van der Waals surface area contributed by atoms with Gasteiger partial charge in [-0.2, -0.15) is 13.2 Å². The van der Waals surface area contributed by atoms with Crippen molar-refractivity contribution in [2.45, 2.75) is 31.5 Å². The number of alkyl halides is 3. The molecule has 4 rings (SSSR count). The molecule has 2 heterocycles. The Bertz CT molecular complexity index is 1240. The van der Waals surface area contributed by atoms with E-state index in [1.165, 1.54) is 12.0 Å². The quantitative estimate of drug-likeness (QED) is 0.403. The molecule has 0 radical (unpaired) electrons. The first-order valence-corrected chi connectivity index (χ1v) is 11.6. The molecule has 1 aromatic heterocycles. The van der Waals surface area contributed by atoms with Gasteiger partial charge < -0.3 is 23.7 Å². The van der Waals surface area contributed by atoms with Crippen LogP contribution in [0.1, 0.15) is 46.1 Å². The van der Waals surface area contributed by atoms with Crippen molar-refractivity contribution in [2.75, 3.05) is 34.4 Å². The summed E-state index contributed by atoms with van der Waals surface area (Å²) in [4.78, 5) is 18.8. The zero-order valence-electron chi connectivity index (χ0n) is 20.6. The van der Waals surface area contributed by atoms with Gasteiger partial charge in [0.25, 0.3) is 5.91 Å². The molecule has 0 bridgehead atoms. The highest BCUT2D eigenvalue weighted by Gasteiger charge is 2.33. The van der Waals surface area contributed by atoms with Crippen molar-refractivity contribution in [3.05, 3.63) is 71.1 Å². The highest BCUT2D eigenvalue weighted by molar-refractivity contribution is 5.94. The molecule has 2 aromatic carbocycles. The van der Waals surface area contributed by atoms with E-state index >= 15 is 0 Å². The monoisotopic (exact) mass is 521 g/mol. The average molecular weight is 522 g/mol. The van der Waals surface area contributed by atoms with Crippen LogP contribution in [-0.4, -0.2) is 54.8 Å². The Hall–Kier alpha value is -3.76. The molecular formula is C26H27F4N3O4. The summed E-state index contributed by atoms with van der Waals surface area (Å²) >= 11 is 0. The smallest absolute Gasteiger partial charge is 0.416 e. The number of likely N-dealkylation sites (tertiary alicyclic amines) is 1. The van der Waals surface area contributed by atoms with Crippen molar-refractivity contribution in [3.63, 3.8) is 0 Å². The van der Waals surface area contributed by atoms with Gasteiger partial charge in [-0.3, -0.25) is 4.79 Å². The summed E-state index contributed by atoms with van der Waals surface area (Å²) in [5.74, 6) is 0.690. The van der Waals surface area contributed by atoms with Crippen molar-refractivity contribution < 1.29 is 36.6 Å². The van der Waals surface area contributed by atoms with Gasteiger partial charge in [0.2, 0.25) is 5.75 Å². The van der Waals surface area contributed by atoms with Crippen LogP contribution in [0.2, 0.25) is 0 Å². The normalized spacial score (nSPS) is 14.5. The first-order valence-electron chi connectivity index (χ1n) is 11.6. The number of amides is 1. The molecule has 1 saturated heterocycles. The number of ether oxygens (including phenoxy) is 3. The minimum Gasteiger partial charge on any atom is -0.493 e. The van der Waals surface area contributed by atoms with Crippen molar-refractivity contribution in [2.24, 2.45) is 0 Å². The SMILES string of the molecule is COc1cc(Cn2ccnc2C2CCN(C(=O)c3cc(C(F)(F)F)ccc3F)CC2)cc(OC)c1OC. The molecule has 0 atom stereocenters. The maximum atomic E-state index is 14.2. The largest absolute Gasteiger partial charge is 0.493 e. The van der Waals surface area contributed by atoms with Crippen molar-refractivity contribution in [3.8, 4) is 17.2 Å². The summed E-state index contributed by atoms with van der Waals surface area (Å²) in [5.41, 5.74) is -0.723. The molecule has 11 heteroatoms. The number of rotatable bonds is 7. The van der Waals surface area contributed by atoms with Gasteiger partial charge in [0.15, 0.2) is 11.5 Å². The number of methoxy groups -OCH3 is 3. The molecule has 0 N–H and O–H groups in total. The van der Waals surface area contributed by atoms with Crippen LogP contribution >= 0.6 is 0 Å². The van der Waals surface area contributed by atoms with Crippen LogP contribution < -0.4 is 14.2 Å². The number of carbonyl (C=O) groups excluding carboxylic acids is 1. The molecule has 198 valence electrons. The Kier molecular flexibility index (Phi) is 7.60. The number of nitrogens with zero attached hydrogens (tertiary/aromatic N) is 3. The summed E-state index contributed by atoms with van der Waals surface area (Å²) in [6.07, 6.45) is -0.0290. The molecule has 7 nitrogen and oxygen atoms in total. The number of benzene rings is 2. The zero-order chi connectivity index (χ0) is 26.7. The van der Waals surface area contributed by atoms with Crippen LogP contribution in [0.4, 0.5) is 17.6 Å². The molecule has 37 heavy (non-hydrogen) atoms. The Morgan fingerprint density at radius 3 is 2.24 bits per heavy atom. The molecule has 0 aliphatic carbocycles. The fourth-order valence-electron chi connectivity index (χ4n) is 4.61. The molecule has 3 aromatic rings. The van der Waals surface area contributed by atoms with Gasteiger partial charge in [-0.25, -0.2) is 9.37 Å². The number of carbonyl (C=O) groups is 1. The molecular weight excluding hydrogens is 494 g/mol. The topological polar surface area (TPSA) is 65.8 Å². The number of aromatic nitrogens is 2. The molecule has 1 amide bonds. The molecule has 1 fully saturated rings. The number of hydrogen-bond donors (Lipinski definition) is 0. The third kappa shape index (κ3) is 5.50. The Morgan fingerprint density at radius 2 is 1.68 bits per heavy atom. The second kappa shape index (κ2) is 10.7. The van der Waals surface area contributed by atoms with E-state index in [1.807, 2.05) is 22.9 Å². The summed E-state index contributed by atoms with van der Waals surface area (Å²) in [6, 6.07) is 5.61. The maximum Gasteiger partial charge on any atom is 0.416 e. The number of piperidine rings is 1. The highest BCUT2D eigenvalue weighted by atomic mass is 19.4. The van der Waals surface area contributed by atoms with Gasteiger partial charge in [0.05, 0.1) is 32.5 Å². The van der Waals surface area contributed by atoms with Gasteiger partial charge in [-0.05, 0) is 48.7 Å². The summed E-state index contributed by atoms with van der Waals surface area (Å²) in [6.45, 7) is 1.03. The number of hydrogen-bond acceptors (Lipinski definition) is 5. The summed E-state index contributed by atoms with van der Waals surface area (Å²) in [5, 5.41) is 0. The lowest BCUT2D eigenvalue weighted by atomic mass is 9.95. The number of halogens is 4. The van der Waals surface area contributed by atoms with Gasteiger partial charge >= 0.3 is 6.18 Å². The minimum atomic E-state index is -4.66. The van der Waals surface area contributed by atoms with E-state index in [2.05, 4.69) is 4.98 Å². The van der Waals surface area contributed by atoms with Gasteiger partial charge in [0.1, 0.15) is 11.6 Å². The number of imidazole rings is 1. The summed E-state index contributed by atoms with van der Waals surface area (Å²) < 4.78 is 71.6. The third-order valence-electron chi connectivity index (χ3n) is 6.50. The van der Waals surface area contributed by atoms with Crippen LogP contribution in [-0.2, 0) is 12.7 Å². The maximum absolute atomic E-state index is 14.2. The van der Waals surface area contributed by atoms with E-state index in [4.69, 9.17) is 14.2 Å². The van der Waals surface area contributed by atoms with E-state index < -0.39 is 29.0 Å².